The Labute approximate surface area is 221 Å². The summed E-state index contributed by atoms with van der Waals surface area (Å²) in [5.41, 5.74) is 9.59. The molecule has 1 N–H and O–H groups in total. The molecule has 2 heterocycles. The topological polar surface area (TPSA) is 41.6 Å². The summed E-state index contributed by atoms with van der Waals surface area (Å²) in [6.45, 7) is 15.6. The normalized spacial score (nSPS) is 12.4. The molecule has 0 saturated heterocycles. The van der Waals surface area contributed by atoms with E-state index in [0.717, 1.165) is 22.5 Å². The number of H-pyrrole nitrogens is 1. The van der Waals surface area contributed by atoms with Gasteiger partial charge < -0.3 is 0 Å². The second-order valence-electron chi connectivity index (χ2n) is 12.2. The Balaban J connectivity index is 1.71. The maximum Gasteiger partial charge on any atom is 0.111 e. The molecule has 0 bridgehead atoms. The minimum absolute atomic E-state index is 0.0999. The van der Waals surface area contributed by atoms with Crippen molar-refractivity contribution in [1.29, 1.82) is 0 Å². The molecule has 0 radical (unpaired) electrons. The zero-order valence-corrected chi connectivity index (χ0v) is 23.1. The molecular formula is C34H37N3. The standard InChI is InChI=1S/C34H37N3/c1-22-21-30(37-36-22)32-29-10-8-9-28(27(29)19-20-35-32)31(23-11-15-25(16-12-23)33(2,3)4)24-13-17-26(18-14-24)34(5,6)7/h8-21,31H,1-7H3,(H,36,37). The molecule has 0 saturated carbocycles. The van der Waals surface area contributed by atoms with Crippen molar-refractivity contribution >= 4 is 10.8 Å². The number of nitrogens with one attached hydrogen (secondary N) is 1. The van der Waals surface area contributed by atoms with Crippen molar-refractivity contribution in [1.82, 2.24) is 15.2 Å². The number of hydrogen-bond acceptors (Lipinski definition) is 2. The molecule has 0 unspecified atom stereocenters. The van der Waals surface area contributed by atoms with Gasteiger partial charge in [0.2, 0.25) is 0 Å². The maximum atomic E-state index is 4.73. The number of aromatic amines is 1. The van der Waals surface area contributed by atoms with E-state index in [1.807, 2.05) is 13.1 Å². The Hall–Kier alpha value is -3.72. The molecule has 0 atom stereocenters. The van der Waals surface area contributed by atoms with Crippen LogP contribution in [0.25, 0.3) is 22.2 Å². The van der Waals surface area contributed by atoms with Gasteiger partial charge in [0.05, 0.1) is 5.69 Å². The van der Waals surface area contributed by atoms with Crippen LogP contribution in [-0.2, 0) is 10.8 Å². The minimum atomic E-state index is 0.0999. The minimum Gasteiger partial charge on any atom is -0.282 e. The van der Waals surface area contributed by atoms with Crippen molar-refractivity contribution in [2.45, 2.75) is 65.2 Å². The van der Waals surface area contributed by atoms with E-state index in [2.05, 4.69) is 131 Å². The highest BCUT2D eigenvalue weighted by Gasteiger charge is 2.23. The number of hydrogen-bond donors (Lipinski definition) is 1. The van der Waals surface area contributed by atoms with Crippen LogP contribution in [0.5, 0.6) is 0 Å². The second kappa shape index (κ2) is 9.30. The van der Waals surface area contributed by atoms with Crippen molar-refractivity contribution < 1.29 is 0 Å². The fourth-order valence-corrected chi connectivity index (χ4v) is 5.13. The maximum absolute atomic E-state index is 4.73. The van der Waals surface area contributed by atoms with Crippen LogP contribution in [0.3, 0.4) is 0 Å². The molecule has 3 heteroatoms. The Morgan fingerprint density at radius 3 is 1.73 bits per heavy atom. The summed E-state index contributed by atoms with van der Waals surface area (Å²) in [4.78, 5) is 4.73. The summed E-state index contributed by atoms with van der Waals surface area (Å²) < 4.78 is 0. The molecule has 0 aliphatic heterocycles. The van der Waals surface area contributed by atoms with Gasteiger partial charge in [-0.25, -0.2) is 0 Å². The first-order chi connectivity index (χ1) is 17.5. The molecule has 0 spiro atoms. The number of aromatic nitrogens is 3. The number of rotatable bonds is 4. The van der Waals surface area contributed by atoms with Gasteiger partial charge in [-0.2, -0.15) is 5.10 Å². The van der Waals surface area contributed by atoms with Gasteiger partial charge in [-0.1, -0.05) is 108 Å². The fourth-order valence-electron chi connectivity index (χ4n) is 5.13. The summed E-state index contributed by atoms with van der Waals surface area (Å²) >= 11 is 0. The van der Waals surface area contributed by atoms with Crippen molar-refractivity contribution in [3.05, 3.63) is 119 Å². The third-order valence-electron chi connectivity index (χ3n) is 7.32. The average Bonchev–Trinajstić information content (AvgIpc) is 3.29. The fraction of sp³-hybridized carbons (Fsp3) is 0.294. The largest absolute Gasteiger partial charge is 0.282 e. The molecule has 0 aliphatic carbocycles. The lowest BCUT2D eigenvalue weighted by Gasteiger charge is -2.25. The van der Waals surface area contributed by atoms with Crippen molar-refractivity contribution in [2.75, 3.05) is 0 Å². The number of benzene rings is 3. The predicted octanol–water partition coefficient (Wildman–Crippen LogP) is 8.71. The summed E-state index contributed by atoms with van der Waals surface area (Å²) in [5.74, 6) is 0.0999. The van der Waals surface area contributed by atoms with Gasteiger partial charge in [-0.05, 0) is 63.1 Å². The molecule has 2 aromatic heterocycles. The smallest absolute Gasteiger partial charge is 0.111 e. The first-order valence-corrected chi connectivity index (χ1v) is 13.1. The van der Waals surface area contributed by atoms with Crippen LogP contribution in [-0.4, -0.2) is 15.2 Å². The number of aryl methyl sites for hydroxylation is 1. The summed E-state index contributed by atoms with van der Waals surface area (Å²) in [5, 5.41) is 9.90. The van der Waals surface area contributed by atoms with E-state index >= 15 is 0 Å². The number of nitrogens with zero attached hydrogens (tertiary/aromatic N) is 2. The molecular weight excluding hydrogens is 450 g/mol. The van der Waals surface area contributed by atoms with Crippen LogP contribution >= 0.6 is 0 Å². The third-order valence-corrected chi connectivity index (χ3v) is 7.32. The van der Waals surface area contributed by atoms with E-state index in [1.165, 1.54) is 33.2 Å². The molecule has 188 valence electrons. The van der Waals surface area contributed by atoms with Crippen molar-refractivity contribution in [3.63, 3.8) is 0 Å². The lowest BCUT2D eigenvalue weighted by atomic mass is 9.79. The van der Waals surface area contributed by atoms with Gasteiger partial charge in [0.25, 0.3) is 0 Å². The number of pyridine rings is 1. The molecule has 0 fully saturated rings. The lowest BCUT2D eigenvalue weighted by Crippen LogP contribution is -2.12. The average molecular weight is 488 g/mol. The Kier molecular flexibility index (Phi) is 6.27. The third kappa shape index (κ3) is 4.96. The first-order valence-electron chi connectivity index (χ1n) is 13.1. The van der Waals surface area contributed by atoms with E-state index in [-0.39, 0.29) is 16.7 Å². The second-order valence-corrected chi connectivity index (χ2v) is 12.2. The van der Waals surface area contributed by atoms with E-state index < -0.39 is 0 Å². The lowest BCUT2D eigenvalue weighted by molar-refractivity contribution is 0.589. The van der Waals surface area contributed by atoms with Crippen molar-refractivity contribution in [2.24, 2.45) is 0 Å². The van der Waals surface area contributed by atoms with Crippen LogP contribution in [0.15, 0.2) is 85.1 Å². The molecule has 0 aliphatic rings. The van der Waals surface area contributed by atoms with E-state index in [9.17, 15) is 0 Å². The number of fused-ring (bicyclic) bond motifs is 1. The Morgan fingerprint density at radius 1 is 0.676 bits per heavy atom. The van der Waals surface area contributed by atoms with E-state index in [1.54, 1.807) is 0 Å². The molecule has 5 aromatic rings. The molecule has 0 amide bonds. The van der Waals surface area contributed by atoms with Gasteiger partial charge in [-0.3, -0.25) is 10.1 Å². The zero-order valence-electron chi connectivity index (χ0n) is 23.1. The van der Waals surface area contributed by atoms with Gasteiger partial charge in [-0.15, -0.1) is 0 Å². The molecule has 5 rings (SSSR count). The molecule has 3 aromatic carbocycles. The predicted molar refractivity (Wildman–Crippen MR) is 155 cm³/mol. The van der Waals surface area contributed by atoms with Crippen LogP contribution in [0.4, 0.5) is 0 Å². The summed E-state index contributed by atoms with van der Waals surface area (Å²) in [6, 6.07) is 29.2. The highest BCUT2D eigenvalue weighted by atomic mass is 15.1. The Bertz CT molecular complexity index is 1470. The van der Waals surface area contributed by atoms with Gasteiger partial charge in [0, 0.05) is 23.2 Å². The highest BCUT2D eigenvalue weighted by Crippen LogP contribution is 2.39. The van der Waals surface area contributed by atoms with Crippen molar-refractivity contribution in [3.8, 4) is 11.4 Å². The quantitative estimate of drug-likeness (QED) is 0.258. The van der Waals surface area contributed by atoms with Crippen LogP contribution in [0.1, 0.15) is 81.0 Å². The Morgan fingerprint density at radius 2 is 1.24 bits per heavy atom. The zero-order chi connectivity index (χ0) is 26.4. The van der Waals surface area contributed by atoms with Crippen LogP contribution < -0.4 is 0 Å². The van der Waals surface area contributed by atoms with Gasteiger partial charge >= 0.3 is 0 Å². The van der Waals surface area contributed by atoms with E-state index in [0.29, 0.717) is 0 Å². The van der Waals surface area contributed by atoms with Crippen LogP contribution in [0.2, 0.25) is 0 Å². The summed E-state index contributed by atoms with van der Waals surface area (Å²) in [6.07, 6.45) is 1.91. The molecule has 37 heavy (non-hydrogen) atoms. The van der Waals surface area contributed by atoms with E-state index in [4.69, 9.17) is 4.98 Å². The van der Waals surface area contributed by atoms with Gasteiger partial charge in [0.15, 0.2) is 0 Å². The SMILES string of the molecule is Cc1cc(-c2nccc3c(C(c4ccc(C(C)(C)C)cc4)c4ccc(C(C)(C)C)cc4)cccc23)n[nH]1. The van der Waals surface area contributed by atoms with Gasteiger partial charge in [0.1, 0.15) is 5.69 Å². The van der Waals surface area contributed by atoms with Crippen LogP contribution in [0, 0.1) is 6.92 Å². The highest BCUT2D eigenvalue weighted by molar-refractivity contribution is 5.96. The molecule has 3 nitrogen and oxygen atoms in total. The summed E-state index contributed by atoms with van der Waals surface area (Å²) in [7, 11) is 0. The first kappa shape index (κ1) is 25.0. The monoisotopic (exact) mass is 487 g/mol.